The topological polar surface area (TPSA) is 57.2 Å². The van der Waals surface area contributed by atoms with Crippen molar-refractivity contribution in [3.8, 4) is 0 Å². The molecule has 2 N–H and O–H groups in total. The van der Waals surface area contributed by atoms with Gasteiger partial charge in [0, 0.05) is 22.3 Å². The molecule has 1 aromatic heterocycles. The van der Waals surface area contributed by atoms with Gasteiger partial charge in [-0.1, -0.05) is 12.2 Å². The third-order valence-corrected chi connectivity index (χ3v) is 3.81. The van der Waals surface area contributed by atoms with Gasteiger partial charge in [0.1, 0.15) is 5.69 Å². The van der Waals surface area contributed by atoms with Crippen LogP contribution in [0.3, 0.4) is 0 Å². The molecule has 1 aromatic rings. The van der Waals surface area contributed by atoms with Crippen molar-refractivity contribution in [3.63, 3.8) is 0 Å². The van der Waals surface area contributed by atoms with Gasteiger partial charge in [0.2, 0.25) is 0 Å². The summed E-state index contributed by atoms with van der Waals surface area (Å²) >= 11 is 3.29. The van der Waals surface area contributed by atoms with Gasteiger partial charge >= 0.3 is 0 Å². The number of nitrogens with one attached hydrogen (secondary N) is 2. The van der Waals surface area contributed by atoms with Crippen LogP contribution in [0.25, 0.3) is 0 Å². The predicted octanol–water partition coefficient (Wildman–Crippen LogP) is 2.46. The Hall–Kier alpha value is -1.36. The smallest absolute Gasteiger partial charge is 0.287 e. The normalized spacial score (nSPS) is 27.9. The summed E-state index contributed by atoms with van der Waals surface area (Å²) in [6, 6.07) is 1.73. The van der Waals surface area contributed by atoms with Gasteiger partial charge in [-0.15, -0.1) is 0 Å². The van der Waals surface area contributed by atoms with Crippen molar-refractivity contribution in [2.45, 2.75) is 12.8 Å². The molecule has 1 fully saturated rings. The van der Waals surface area contributed by atoms with Crippen molar-refractivity contribution in [3.05, 3.63) is 34.6 Å². The number of aromatic amines is 1. The molecule has 0 radical (unpaired) electrons. The summed E-state index contributed by atoms with van der Waals surface area (Å²) in [6.45, 7) is 0. The Kier molecular flexibility index (Phi) is 2.63. The van der Waals surface area contributed by atoms with Gasteiger partial charge in [0.15, 0.2) is 0 Å². The first kappa shape index (κ1) is 10.8. The fourth-order valence-electron chi connectivity index (χ4n) is 2.35. The second-order valence-corrected chi connectivity index (χ2v) is 5.33. The molecule has 2 aliphatic carbocycles. The van der Waals surface area contributed by atoms with E-state index in [2.05, 4.69) is 43.6 Å². The number of H-pyrrole nitrogens is 1. The molecular weight excluding hydrogens is 282 g/mol. The number of allylic oxidation sites excluding steroid dienone is 2. The van der Waals surface area contributed by atoms with E-state index in [-0.39, 0.29) is 5.91 Å². The number of hydrogen-bond acceptors (Lipinski definition) is 2. The standard InChI is InChI=1S/C12H12BrN3O/c13-8-5-11(14-6-8)12(17)16-15-10-4-7-2-1-3-9(7)10/h1-2,5-7,9,14H,3-4H2,(H,16,17)/b15-10-/t7-,9+/m0/s1. The zero-order chi connectivity index (χ0) is 11.8. The van der Waals surface area contributed by atoms with E-state index < -0.39 is 0 Å². The number of carbonyl (C=O) groups is 1. The average molecular weight is 294 g/mol. The lowest BCUT2D eigenvalue weighted by atomic mass is 9.74. The lowest BCUT2D eigenvalue weighted by Crippen LogP contribution is -2.35. The van der Waals surface area contributed by atoms with Crippen LogP contribution in [-0.2, 0) is 0 Å². The monoisotopic (exact) mass is 293 g/mol. The molecule has 2 atom stereocenters. The van der Waals surface area contributed by atoms with Crippen LogP contribution in [0.15, 0.2) is 34.0 Å². The Bertz CT molecular complexity index is 518. The summed E-state index contributed by atoms with van der Waals surface area (Å²) in [7, 11) is 0. The van der Waals surface area contributed by atoms with Gasteiger partial charge in [-0.2, -0.15) is 5.10 Å². The first-order chi connectivity index (χ1) is 8.24. The summed E-state index contributed by atoms with van der Waals surface area (Å²) in [5, 5.41) is 4.20. The van der Waals surface area contributed by atoms with Crippen molar-refractivity contribution in [2.75, 3.05) is 0 Å². The van der Waals surface area contributed by atoms with Crippen molar-refractivity contribution >= 4 is 27.5 Å². The molecule has 4 nitrogen and oxygen atoms in total. The van der Waals surface area contributed by atoms with Crippen LogP contribution < -0.4 is 5.43 Å². The first-order valence-corrected chi connectivity index (χ1v) is 6.40. The zero-order valence-electron chi connectivity index (χ0n) is 9.11. The Labute approximate surface area is 107 Å². The van der Waals surface area contributed by atoms with Gasteiger partial charge in [-0.05, 0) is 40.8 Å². The minimum atomic E-state index is -0.197. The van der Waals surface area contributed by atoms with Crippen molar-refractivity contribution < 1.29 is 4.79 Å². The number of hydrazone groups is 1. The van der Waals surface area contributed by atoms with Crippen molar-refractivity contribution in [2.24, 2.45) is 16.9 Å². The number of hydrogen-bond donors (Lipinski definition) is 2. The van der Waals surface area contributed by atoms with Crippen LogP contribution in [0.5, 0.6) is 0 Å². The lowest BCUT2D eigenvalue weighted by molar-refractivity contribution is 0.0949. The minimum Gasteiger partial charge on any atom is -0.356 e. The molecule has 0 aliphatic heterocycles. The Balaban J connectivity index is 1.61. The molecule has 2 aliphatic rings. The van der Waals surface area contributed by atoms with Crippen LogP contribution in [0, 0.1) is 11.8 Å². The van der Waals surface area contributed by atoms with E-state index in [1.165, 1.54) is 0 Å². The molecule has 1 amide bonds. The fourth-order valence-corrected chi connectivity index (χ4v) is 2.69. The Morgan fingerprint density at radius 3 is 3.18 bits per heavy atom. The Morgan fingerprint density at radius 2 is 2.47 bits per heavy atom. The number of amides is 1. The van der Waals surface area contributed by atoms with E-state index in [1.807, 2.05) is 0 Å². The van der Waals surface area contributed by atoms with Crippen LogP contribution in [-0.4, -0.2) is 16.6 Å². The first-order valence-electron chi connectivity index (χ1n) is 5.61. The van der Waals surface area contributed by atoms with Crippen LogP contribution >= 0.6 is 15.9 Å². The maximum atomic E-state index is 11.7. The summed E-state index contributed by atoms with van der Waals surface area (Å²) in [6.07, 6.45) is 8.21. The largest absolute Gasteiger partial charge is 0.356 e. The highest BCUT2D eigenvalue weighted by atomic mass is 79.9. The molecule has 3 rings (SSSR count). The van der Waals surface area contributed by atoms with Gasteiger partial charge in [-0.3, -0.25) is 4.79 Å². The summed E-state index contributed by atoms with van der Waals surface area (Å²) in [5.74, 6) is 0.994. The van der Waals surface area contributed by atoms with Crippen LogP contribution in [0.2, 0.25) is 0 Å². The zero-order valence-corrected chi connectivity index (χ0v) is 10.7. The number of rotatable bonds is 2. The third-order valence-electron chi connectivity index (χ3n) is 3.36. The molecule has 0 aromatic carbocycles. The second-order valence-electron chi connectivity index (χ2n) is 4.41. The highest BCUT2D eigenvalue weighted by Gasteiger charge is 2.38. The molecule has 88 valence electrons. The number of halogens is 1. The highest BCUT2D eigenvalue weighted by Crippen LogP contribution is 2.40. The number of fused-ring (bicyclic) bond motifs is 1. The van der Waals surface area contributed by atoms with E-state index in [4.69, 9.17) is 0 Å². The number of nitrogens with zero attached hydrogens (tertiary/aromatic N) is 1. The van der Waals surface area contributed by atoms with Crippen molar-refractivity contribution in [1.29, 1.82) is 0 Å². The lowest BCUT2D eigenvalue weighted by Gasteiger charge is -2.31. The van der Waals surface area contributed by atoms with Gasteiger partial charge in [0.25, 0.3) is 5.91 Å². The number of carbonyl (C=O) groups excluding carboxylic acids is 1. The van der Waals surface area contributed by atoms with Gasteiger partial charge in [0.05, 0.1) is 0 Å². The molecule has 1 saturated carbocycles. The van der Waals surface area contributed by atoms with E-state index >= 15 is 0 Å². The van der Waals surface area contributed by atoms with E-state index in [1.54, 1.807) is 12.3 Å². The maximum Gasteiger partial charge on any atom is 0.287 e. The fraction of sp³-hybridized carbons (Fsp3) is 0.333. The summed E-state index contributed by atoms with van der Waals surface area (Å²) in [4.78, 5) is 14.6. The second kappa shape index (κ2) is 4.14. The molecular formula is C12H12BrN3O. The highest BCUT2D eigenvalue weighted by molar-refractivity contribution is 9.10. The van der Waals surface area contributed by atoms with E-state index in [9.17, 15) is 4.79 Å². The quantitative estimate of drug-likeness (QED) is 0.639. The molecule has 0 spiro atoms. The molecule has 17 heavy (non-hydrogen) atoms. The SMILES string of the molecule is O=C(N/N=C1/C[C@@H]2C=CC[C@@H]12)c1cc(Br)c[nH]1. The van der Waals surface area contributed by atoms with Gasteiger partial charge < -0.3 is 4.98 Å². The molecule has 5 heteroatoms. The number of aromatic nitrogens is 1. The van der Waals surface area contributed by atoms with E-state index in [0.717, 1.165) is 23.0 Å². The minimum absolute atomic E-state index is 0.197. The molecule has 0 unspecified atom stereocenters. The summed E-state index contributed by atoms with van der Waals surface area (Å²) in [5.41, 5.74) is 4.22. The molecule has 0 saturated heterocycles. The van der Waals surface area contributed by atoms with Crippen LogP contribution in [0.4, 0.5) is 0 Å². The molecule has 0 bridgehead atoms. The Morgan fingerprint density at radius 1 is 1.59 bits per heavy atom. The third kappa shape index (κ3) is 1.95. The van der Waals surface area contributed by atoms with Crippen molar-refractivity contribution in [1.82, 2.24) is 10.4 Å². The summed E-state index contributed by atoms with van der Waals surface area (Å²) < 4.78 is 0.860. The van der Waals surface area contributed by atoms with E-state index in [0.29, 0.717) is 17.5 Å². The predicted molar refractivity (Wildman–Crippen MR) is 68.7 cm³/mol. The average Bonchev–Trinajstić information content (AvgIpc) is 2.86. The molecule has 1 heterocycles. The van der Waals surface area contributed by atoms with Crippen LogP contribution in [0.1, 0.15) is 23.3 Å². The van der Waals surface area contributed by atoms with Gasteiger partial charge in [-0.25, -0.2) is 5.43 Å². The maximum absolute atomic E-state index is 11.7.